The number of benzene rings is 1. The largest absolute Gasteiger partial charge is 0.497 e. The van der Waals surface area contributed by atoms with Crippen LogP contribution in [0, 0.1) is 5.92 Å². The summed E-state index contributed by atoms with van der Waals surface area (Å²) in [5.41, 5.74) is 0. The summed E-state index contributed by atoms with van der Waals surface area (Å²) in [5.74, 6) is 2.19. The van der Waals surface area contributed by atoms with Crippen molar-refractivity contribution in [3.05, 3.63) is 24.3 Å². The molecule has 0 aliphatic carbocycles. The van der Waals surface area contributed by atoms with Crippen molar-refractivity contribution in [1.82, 2.24) is 4.90 Å². The van der Waals surface area contributed by atoms with Crippen LogP contribution in [0.4, 0.5) is 0 Å². The lowest BCUT2D eigenvalue weighted by Crippen LogP contribution is -2.40. The Morgan fingerprint density at radius 3 is 2.68 bits per heavy atom. The van der Waals surface area contributed by atoms with Crippen LogP contribution in [-0.2, 0) is 4.79 Å². The summed E-state index contributed by atoms with van der Waals surface area (Å²) in [4.78, 5) is 13.9. The van der Waals surface area contributed by atoms with E-state index in [-0.39, 0.29) is 12.5 Å². The third-order valence-electron chi connectivity index (χ3n) is 3.54. The Labute approximate surface area is 114 Å². The molecule has 4 nitrogen and oxygen atoms in total. The molecule has 19 heavy (non-hydrogen) atoms. The predicted molar refractivity (Wildman–Crippen MR) is 73.5 cm³/mol. The van der Waals surface area contributed by atoms with E-state index in [1.54, 1.807) is 13.2 Å². The zero-order valence-electron chi connectivity index (χ0n) is 11.6. The smallest absolute Gasteiger partial charge is 0.260 e. The van der Waals surface area contributed by atoms with Gasteiger partial charge < -0.3 is 14.4 Å². The number of amides is 1. The second kappa shape index (κ2) is 6.45. The molecule has 1 fully saturated rings. The molecule has 0 bridgehead atoms. The number of likely N-dealkylation sites (tertiary alicyclic amines) is 1. The molecular formula is C15H21NO3. The first kappa shape index (κ1) is 13.7. The summed E-state index contributed by atoms with van der Waals surface area (Å²) >= 11 is 0. The number of piperidine rings is 1. The summed E-state index contributed by atoms with van der Waals surface area (Å²) in [7, 11) is 1.61. The quantitative estimate of drug-likeness (QED) is 0.837. The predicted octanol–water partition coefficient (Wildman–Crippen LogP) is 2.33. The summed E-state index contributed by atoms with van der Waals surface area (Å²) < 4.78 is 10.6. The van der Waals surface area contributed by atoms with Gasteiger partial charge in [0.2, 0.25) is 0 Å². The normalized spacial score (nSPS) is 16.2. The molecule has 1 aliphatic rings. The third-order valence-corrected chi connectivity index (χ3v) is 3.54. The fourth-order valence-electron chi connectivity index (χ4n) is 2.19. The van der Waals surface area contributed by atoms with E-state index in [1.807, 2.05) is 23.1 Å². The highest BCUT2D eigenvalue weighted by atomic mass is 16.5. The van der Waals surface area contributed by atoms with E-state index in [1.165, 1.54) is 0 Å². The molecular weight excluding hydrogens is 242 g/mol. The van der Waals surface area contributed by atoms with E-state index in [0.717, 1.165) is 37.6 Å². The average Bonchev–Trinajstić information content (AvgIpc) is 2.46. The highest BCUT2D eigenvalue weighted by Gasteiger charge is 2.20. The molecule has 0 atom stereocenters. The Hall–Kier alpha value is -1.71. The van der Waals surface area contributed by atoms with Crippen molar-refractivity contribution in [3.8, 4) is 11.5 Å². The van der Waals surface area contributed by atoms with Gasteiger partial charge >= 0.3 is 0 Å². The van der Waals surface area contributed by atoms with Gasteiger partial charge in [-0.2, -0.15) is 0 Å². The van der Waals surface area contributed by atoms with Gasteiger partial charge in [-0.3, -0.25) is 4.79 Å². The number of nitrogens with zero attached hydrogens (tertiary/aromatic N) is 1. The number of rotatable bonds is 4. The lowest BCUT2D eigenvalue weighted by Gasteiger charge is -2.30. The van der Waals surface area contributed by atoms with Gasteiger partial charge in [-0.1, -0.05) is 13.0 Å². The van der Waals surface area contributed by atoms with Gasteiger partial charge in [-0.15, -0.1) is 0 Å². The van der Waals surface area contributed by atoms with Crippen LogP contribution < -0.4 is 9.47 Å². The number of ether oxygens (including phenoxy) is 2. The topological polar surface area (TPSA) is 38.8 Å². The zero-order chi connectivity index (χ0) is 13.7. The third kappa shape index (κ3) is 3.88. The second-order valence-electron chi connectivity index (χ2n) is 5.03. The first-order chi connectivity index (χ1) is 9.19. The maximum absolute atomic E-state index is 12.0. The maximum atomic E-state index is 12.0. The fourth-order valence-corrected chi connectivity index (χ4v) is 2.19. The van der Waals surface area contributed by atoms with Gasteiger partial charge in [0.1, 0.15) is 11.5 Å². The van der Waals surface area contributed by atoms with E-state index < -0.39 is 0 Å². The number of hydrogen-bond acceptors (Lipinski definition) is 3. The summed E-state index contributed by atoms with van der Waals surface area (Å²) in [6, 6.07) is 7.31. The molecule has 2 rings (SSSR count). The molecule has 0 N–H and O–H groups in total. The van der Waals surface area contributed by atoms with Crippen LogP contribution in [0.25, 0.3) is 0 Å². The molecule has 1 aliphatic heterocycles. The van der Waals surface area contributed by atoms with Gasteiger partial charge in [0, 0.05) is 19.2 Å². The number of methoxy groups -OCH3 is 1. The molecule has 0 unspecified atom stereocenters. The highest BCUT2D eigenvalue weighted by molar-refractivity contribution is 5.77. The standard InChI is InChI=1S/C15H21NO3/c1-12-6-8-16(9-7-12)15(17)11-19-14-5-3-4-13(10-14)18-2/h3-5,10,12H,6-9,11H2,1-2H3. The molecule has 0 spiro atoms. The molecule has 104 valence electrons. The van der Waals surface area contributed by atoms with E-state index >= 15 is 0 Å². The molecule has 0 aromatic heterocycles. The molecule has 1 aromatic carbocycles. The summed E-state index contributed by atoms with van der Waals surface area (Å²) in [6.45, 7) is 4.03. The second-order valence-corrected chi connectivity index (χ2v) is 5.03. The summed E-state index contributed by atoms with van der Waals surface area (Å²) in [6.07, 6.45) is 2.18. The van der Waals surface area contributed by atoms with Gasteiger partial charge in [0.05, 0.1) is 7.11 Å². The van der Waals surface area contributed by atoms with Crippen LogP contribution in [0.5, 0.6) is 11.5 Å². The minimum absolute atomic E-state index is 0.0646. The SMILES string of the molecule is COc1cccc(OCC(=O)N2CCC(C)CC2)c1. The van der Waals surface area contributed by atoms with Crippen LogP contribution in [0.3, 0.4) is 0 Å². The lowest BCUT2D eigenvalue weighted by molar-refractivity contribution is -0.134. The van der Waals surface area contributed by atoms with Crippen molar-refractivity contribution in [2.45, 2.75) is 19.8 Å². The maximum Gasteiger partial charge on any atom is 0.260 e. The molecule has 1 amide bonds. The Kier molecular flexibility index (Phi) is 4.66. The van der Waals surface area contributed by atoms with Gasteiger partial charge in [0.25, 0.3) is 5.91 Å². The van der Waals surface area contributed by atoms with E-state index in [4.69, 9.17) is 9.47 Å². The van der Waals surface area contributed by atoms with E-state index in [9.17, 15) is 4.79 Å². The summed E-state index contributed by atoms with van der Waals surface area (Å²) in [5, 5.41) is 0. The molecule has 1 aromatic rings. The zero-order valence-corrected chi connectivity index (χ0v) is 11.6. The number of carbonyl (C=O) groups excluding carboxylic acids is 1. The lowest BCUT2D eigenvalue weighted by atomic mass is 9.99. The average molecular weight is 263 g/mol. The fraction of sp³-hybridized carbons (Fsp3) is 0.533. The molecule has 0 radical (unpaired) electrons. The van der Waals surface area contributed by atoms with E-state index in [0.29, 0.717) is 5.75 Å². The minimum atomic E-state index is 0.0646. The van der Waals surface area contributed by atoms with Crippen LogP contribution in [0.1, 0.15) is 19.8 Å². The van der Waals surface area contributed by atoms with E-state index in [2.05, 4.69) is 6.92 Å². The minimum Gasteiger partial charge on any atom is -0.497 e. The molecule has 0 saturated carbocycles. The Morgan fingerprint density at radius 2 is 2.00 bits per heavy atom. The number of carbonyl (C=O) groups is 1. The van der Waals surface area contributed by atoms with Gasteiger partial charge in [0.15, 0.2) is 6.61 Å². The molecule has 1 heterocycles. The van der Waals surface area contributed by atoms with Crippen molar-refractivity contribution >= 4 is 5.91 Å². The van der Waals surface area contributed by atoms with Crippen LogP contribution >= 0.6 is 0 Å². The Bertz CT molecular complexity index is 425. The monoisotopic (exact) mass is 263 g/mol. The first-order valence-electron chi connectivity index (χ1n) is 6.73. The van der Waals surface area contributed by atoms with Gasteiger partial charge in [-0.25, -0.2) is 0 Å². The molecule has 4 heteroatoms. The van der Waals surface area contributed by atoms with Crippen molar-refractivity contribution in [1.29, 1.82) is 0 Å². The van der Waals surface area contributed by atoms with Crippen molar-refractivity contribution < 1.29 is 14.3 Å². The van der Waals surface area contributed by atoms with Crippen molar-refractivity contribution in [3.63, 3.8) is 0 Å². The van der Waals surface area contributed by atoms with Crippen LogP contribution in [-0.4, -0.2) is 37.6 Å². The number of hydrogen-bond donors (Lipinski definition) is 0. The highest BCUT2D eigenvalue weighted by Crippen LogP contribution is 2.19. The Morgan fingerprint density at radius 1 is 1.32 bits per heavy atom. The van der Waals surface area contributed by atoms with Crippen LogP contribution in [0.15, 0.2) is 24.3 Å². The molecule has 1 saturated heterocycles. The first-order valence-corrected chi connectivity index (χ1v) is 6.73. The van der Waals surface area contributed by atoms with Crippen molar-refractivity contribution in [2.24, 2.45) is 5.92 Å². The Balaban J connectivity index is 1.82. The van der Waals surface area contributed by atoms with Crippen LogP contribution in [0.2, 0.25) is 0 Å². The van der Waals surface area contributed by atoms with Crippen molar-refractivity contribution in [2.75, 3.05) is 26.8 Å². The van der Waals surface area contributed by atoms with Gasteiger partial charge in [-0.05, 0) is 30.9 Å².